The summed E-state index contributed by atoms with van der Waals surface area (Å²) in [5.41, 5.74) is 2.48. The third kappa shape index (κ3) is 9.93. The van der Waals surface area contributed by atoms with Crippen LogP contribution in [0.25, 0.3) is 0 Å². The smallest absolute Gasteiger partial charge is 0.319 e. The number of thioether (sulfide) groups is 2. The summed E-state index contributed by atoms with van der Waals surface area (Å²) >= 11 is 18.8. The monoisotopic (exact) mass is 520 g/mol. The van der Waals surface area contributed by atoms with E-state index >= 15 is 0 Å². The molecule has 0 aliphatic carbocycles. The van der Waals surface area contributed by atoms with Crippen LogP contribution in [0.5, 0.6) is 0 Å². The van der Waals surface area contributed by atoms with Crippen molar-refractivity contribution >= 4 is 68.6 Å². The quantitative estimate of drug-likeness (QED) is 0.167. The van der Waals surface area contributed by atoms with Crippen molar-refractivity contribution in [2.24, 2.45) is 0 Å². The van der Waals surface area contributed by atoms with E-state index in [2.05, 4.69) is 15.9 Å². The lowest BCUT2D eigenvalue weighted by molar-refractivity contribution is -0.142. The molecule has 28 heavy (non-hydrogen) atoms. The van der Waals surface area contributed by atoms with E-state index < -0.39 is 0 Å². The highest BCUT2D eigenvalue weighted by Crippen LogP contribution is 2.19. The molecule has 0 aromatic heterocycles. The maximum atomic E-state index is 12.0. The molecule has 2 aromatic carbocycles. The second-order valence-corrected chi connectivity index (χ2v) is 10.3. The van der Waals surface area contributed by atoms with Crippen molar-refractivity contribution in [1.82, 2.24) is 0 Å². The first kappa shape index (κ1) is 23.9. The molecular weight excluding hydrogens is 499 g/mol. The predicted molar refractivity (Wildman–Crippen MR) is 128 cm³/mol. The molecule has 0 bridgehead atoms. The number of hydrogen-bond acceptors (Lipinski definition) is 4. The number of benzene rings is 2. The van der Waals surface area contributed by atoms with E-state index in [9.17, 15) is 4.79 Å². The minimum absolute atomic E-state index is 0.171. The maximum absolute atomic E-state index is 12.0. The Morgan fingerprint density at radius 1 is 0.893 bits per heavy atom. The van der Waals surface area contributed by atoms with Crippen LogP contribution in [-0.4, -0.2) is 28.9 Å². The number of carbonyl (C=O) groups is 1. The van der Waals surface area contributed by atoms with Gasteiger partial charge >= 0.3 is 5.97 Å². The van der Waals surface area contributed by atoms with Crippen LogP contribution in [0.3, 0.4) is 0 Å². The van der Waals surface area contributed by atoms with Gasteiger partial charge in [-0.2, -0.15) is 23.5 Å². The van der Waals surface area contributed by atoms with Crippen molar-refractivity contribution in [3.05, 3.63) is 69.7 Å². The van der Waals surface area contributed by atoms with Crippen molar-refractivity contribution in [2.75, 3.05) is 18.1 Å². The molecular formula is C21H23BrCl2O2S2. The van der Waals surface area contributed by atoms with Crippen molar-refractivity contribution in [3.8, 4) is 0 Å². The Morgan fingerprint density at radius 3 is 1.93 bits per heavy atom. The molecule has 0 saturated carbocycles. The zero-order valence-corrected chi connectivity index (χ0v) is 20.1. The van der Waals surface area contributed by atoms with Crippen LogP contribution in [0.4, 0.5) is 0 Å². The number of rotatable bonds is 12. The molecule has 2 rings (SSSR count). The van der Waals surface area contributed by atoms with E-state index in [0.29, 0.717) is 6.61 Å². The summed E-state index contributed by atoms with van der Waals surface area (Å²) in [7, 11) is 0. The van der Waals surface area contributed by atoms with E-state index in [-0.39, 0.29) is 10.8 Å². The van der Waals surface area contributed by atoms with Crippen molar-refractivity contribution in [1.29, 1.82) is 0 Å². The lowest BCUT2D eigenvalue weighted by atomic mass is 10.2. The number of carbonyl (C=O) groups excluding carboxylic acids is 1. The van der Waals surface area contributed by atoms with E-state index in [0.717, 1.165) is 45.9 Å². The van der Waals surface area contributed by atoms with Crippen molar-refractivity contribution < 1.29 is 9.53 Å². The van der Waals surface area contributed by atoms with E-state index in [4.69, 9.17) is 27.9 Å². The van der Waals surface area contributed by atoms with Gasteiger partial charge in [0.1, 0.15) is 11.4 Å². The van der Waals surface area contributed by atoms with Crippen LogP contribution >= 0.6 is 62.7 Å². The highest BCUT2D eigenvalue weighted by atomic mass is 79.9. The molecule has 152 valence electrons. The second-order valence-electron chi connectivity index (χ2n) is 6.14. The fraction of sp³-hybridized carbons (Fsp3) is 0.381. The van der Waals surface area contributed by atoms with Gasteiger partial charge in [-0.25, -0.2) is 0 Å². The molecule has 2 nitrogen and oxygen atoms in total. The van der Waals surface area contributed by atoms with Crippen LogP contribution in [0, 0.1) is 0 Å². The first-order chi connectivity index (χ1) is 13.5. The average molecular weight is 522 g/mol. The van der Waals surface area contributed by atoms with E-state index in [1.165, 1.54) is 11.1 Å². The topological polar surface area (TPSA) is 26.3 Å². The summed E-state index contributed by atoms with van der Waals surface area (Å²) in [6, 6.07) is 15.7. The molecule has 0 amide bonds. The molecule has 0 saturated heterocycles. The average Bonchev–Trinajstić information content (AvgIpc) is 2.70. The minimum atomic E-state index is -0.232. The van der Waals surface area contributed by atoms with E-state index in [1.54, 1.807) is 11.8 Å². The highest BCUT2D eigenvalue weighted by molar-refractivity contribution is 9.10. The summed E-state index contributed by atoms with van der Waals surface area (Å²) in [6.45, 7) is 0.435. The van der Waals surface area contributed by atoms with Crippen LogP contribution in [0.15, 0.2) is 48.5 Å². The van der Waals surface area contributed by atoms with Gasteiger partial charge in [0.2, 0.25) is 0 Å². The molecule has 0 aliphatic rings. The minimum Gasteiger partial charge on any atom is -0.464 e. The first-order valence-corrected chi connectivity index (χ1v) is 13.0. The fourth-order valence-electron chi connectivity index (χ4n) is 2.32. The van der Waals surface area contributed by atoms with Gasteiger partial charge < -0.3 is 4.74 Å². The fourth-order valence-corrected chi connectivity index (χ4v) is 4.74. The van der Waals surface area contributed by atoms with Crippen LogP contribution < -0.4 is 0 Å². The lowest BCUT2D eigenvalue weighted by Gasteiger charge is -2.10. The van der Waals surface area contributed by atoms with Gasteiger partial charge in [0, 0.05) is 27.3 Å². The largest absolute Gasteiger partial charge is 0.464 e. The molecule has 0 heterocycles. The molecule has 7 heteroatoms. The lowest BCUT2D eigenvalue weighted by Crippen LogP contribution is -2.19. The van der Waals surface area contributed by atoms with Crippen molar-refractivity contribution in [2.45, 2.75) is 29.2 Å². The molecule has 1 atom stereocenters. The number of esters is 1. The van der Waals surface area contributed by atoms with Gasteiger partial charge in [-0.15, -0.1) is 0 Å². The highest BCUT2D eigenvalue weighted by Gasteiger charge is 2.15. The number of hydrogen-bond donors (Lipinski definition) is 0. The van der Waals surface area contributed by atoms with Gasteiger partial charge in [0.25, 0.3) is 0 Å². The van der Waals surface area contributed by atoms with Crippen LogP contribution in [0.1, 0.15) is 24.0 Å². The first-order valence-electron chi connectivity index (χ1n) is 8.99. The Bertz CT molecular complexity index is 711. The predicted octanol–water partition coefficient (Wildman–Crippen LogP) is 7.25. The number of halogens is 3. The zero-order chi connectivity index (χ0) is 20.2. The Morgan fingerprint density at radius 2 is 1.39 bits per heavy atom. The Kier molecular flexibility index (Phi) is 11.8. The molecule has 0 radical (unpaired) electrons. The maximum Gasteiger partial charge on any atom is 0.319 e. The van der Waals surface area contributed by atoms with E-state index in [1.807, 2.05) is 60.3 Å². The Labute approximate surface area is 194 Å². The number of ether oxygens (including phenoxy) is 1. The van der Waals surface area contributed by atoms with Gasteiger partial charge in [-0.3, -0.25) is 4.79 Å². The summed E-state index contributed by atoms with van der Waals surface area (Å²) in [4.78, 5) is 11.8. The summed E-state index contributed by atoms with van der Waals surface area (Å²) in [5.74, 6) is 3.46. The summed E-state index contributed by atoms with van der Waals surface area (Å²) < 4.78 is 5.35. The molecule has 0 N–H and O–H groups in total. The Hall–Kier alpha value is -0.330. The van der Waals surface area contributed by atoms with Gasteiger partial charge in [0.15, 0.2) is 0 Å². The van der Waals surface area contributed by atoms with Crippen molar-refractivity contribution in [3.63, 3.8) is 0 Å². The Balaban J connectivity index is 1.48. The third-order valence-corrected chi connectivity index (χ3v) is 7.28. The molecule has 1 unspecified atom stereocenters. The van der Waals surface area contributed by atoms with Crippen LogP contribution in [0.2, 0.25) is 10.0 Å². The molecule has 0 aliphatic heterocycles. The SMILES string of the molecule is O=C(OCCSCc1ccc(Cl)cc1)C(Br)CCCSCc1ccc(Cl)cc1. The van der Waals surface area contributed by atoms with Gasteiger partial charge in [-0.1, -0.05) is 63.4 Å². The zero-order valence-electron chi connectivity index (χ0n) is 15.4. The van der Waals surface area contributed by atoms with Crippen LogP contribution in [-0.2, 0) is 21.0 Å². The number of alkyl halides is 1. The third-order valence-electron chi connectivity index (χ3n) is 3.84. The second kappa shape index (κ2) is 13.8. The van der Waals surface area contributed by atoms with Gasteiger partial charge in [0.05, 0.1) is 0 Å². The molecule has 0 spiro atoms. The summed E-state index contributed by atoms with van der Waals surface area (Å²) in [6.07, 6.45) is 1.75. The molecule has 0 fully saturated rings. The summed E-state index contributed by atoms with van der Waals surface area (Å²) in [5, 5.41) is 1.51. The van der Waals surface area contributed by atoms with Gasteiger partial charge in [-0.05, 0) is 54.0 Å². The standard InChI is InChI=1S/C21H23BrCl2O2S2/c22-20(2-1-12-27-14-16-3-7-18(23)8-4-16)21(25)26-11-13-28-15-17-5-9-19(24)10-6-17/h3-10,20H,1-2,11-15H2. The normalized spacial score (nSPS) is 12.0. The molecule has 2 aromatic rings.